The van der Waals surface area contributed by atoms with Gasteiger partial charge in [0.15, 0.2) is 0 Å². The lowest BCUT2D eigenvalue weighted by Gasteiger charge is -2.40. The summed E-state index contributed by atoms with van der Waals surface area (Å²) in [5, 5.41) is 0. The molecule has 1 rings (SSSR count). The second kappa shape index (κ2) is 4.45. The molecule has 0 heterocycles. The third-order valence-corrected chi connectivity index (χ3v) is 3.59. The highest BCUT2D eigenvalue weighted by molar-refractivity contribution is 4.91. The molecule has 0 radical (unpaired) electrons. The fourth-order valence-electron chi connectivity index (χ4n) is 3.00. The van der Waals surface area contributed by atoms with Gasteiger partial charge in [0.2, 0.25) is 0 Å². The van der Waals surface area contributed by atoms with E-state index in [1.54, 1.807) is 0 Å². The highest BCUT2D eigenvalue weighted by atomic mass is 14.7. The van der Waals surface area contributed by atoms with Gasteiger partial charge in [-0.2, -0.15) is 0 Å². The molecule has 1 aliphatic carbocycles. The van der Waals surface area contributed by atoms with Crippen LogP contribution in [0.2, 0.25) is 0 Å². The Bertz CT molecular complexity index is 155. The van der Waals surface area contributed by atoms with Gasteiger partial charge >= 0.3 is 0 Å². The van der Waals surface area contributed by atoms with Crippen LogP contribution in [0.4, 0.5) is 0 Å². The van der Waals surface area contributed by atoms with Gasteiger partial charge in [-0.1, -0.05) is 33.6 Å². The van der Waals surface area contributed by atoms with Gasteiger partial charge in [0.25, 0.3) is 0 Å². The minimum atomic E-state index is 0.164. The van der Waals surface area contributed by atoms with Crippen molar-refractivity contribution in [3.8, 4) is 0 Å². The van der Waals surface area contributed by atoms with Gasteiger partial charge in [0, 0.05) is 5.54 Å². The first-order valence-electron chi connectivity index (χ1n) is 5.88. The summed E-state index contributed by atoms with van der Waals surface area (Å²) in [6, 6.07) is 0. The molecule has 1 nitrogen and oxygen atoms in total. The van der Waals surface area contributed by atoms with E-state index in [1.807, 2.05) is 0 Å². The maximum absolute atomic E-state index is 6.37. The Balaban J connectivity index is 2.52. The minimum Gasteiger partial charge on any atom is -0.325 e. The van der Waals surface area contributed by atoms with Crippen LogP contribution < -0.4 is 5.73 Å². The molecule has 1 heteroatoms. The van der Waals surface area contributed by atoms with E-state index in [9.17, 15) is 0 Å². The van der Waals surface area contributed by atoms with E-state index in [1.165, 1.54) is 32.1 Å². The zero-order chi connectivity index (χ0) is 9.90. The third kappa shape index (κ3) is 2.98. The van der Waals surface area contributed by atoms with Crippen molar-refractivity contribution in [2.75, 3.05) is 0 Å². The van der Waals surface area contributed by atoms with Crippen molar-refractivity contribution in [1.82, 2.24) is 0 Å². The molecule has 1 fully saturated rings. The van der Waals surface area contributed by atoms with E-state index >= 15 is 0 Å². The van der Waals surface area contributed by atoms with Crippen molar-refractivity contribution in [3.05, 3.63) is 0 Å². The zero-order valence-electron chi connectivity index (χ0n) is 9.47. The normalized spacial score (nSPS) is 40.6. The molecule has 78 valence electrons. The average Bonchev–Trinajstić information content (AvgIpc) is 2.03. The van der Waals surface area contributed by atoms with Crippen LogP contribution in [0.5, 0.6) is 0 Å². The van der Waals surface area contributed by atoms with E-state index in [2.05, 4.69) is 20.8 Å². The van der Waals surface area contributed by atoms with E-state index in [-0.39, 0.29) is 5.54 Å². The number of hydrogen-bond donors (Lipinski definition) is 1. The summed E-state index contributed by atoms with van der Waals surface area (Å²) in [5.41, 5.74) is 6.53. The number of hydrogen-bond acceptors (Lipinski definition) is 1. The Morgan fingerprint density at radius 2 is 2.00 bits per heavy atom. The summed E-state index contributed by atoms with van der Waals surface area (Å²) in [4.78, 5) is 0. The van der Waals surface area contributed by atoms with Crippen molar-refractivity contribution in [1.29, 1.82) is 0 Å². The molecule has 0 aromatic rings. The highest BCUT2D eigenvalue weighted by Gasteiger charge is 2.33. The van der Waals surface area contributed by atoms with Crippen LogP contribution in [0.1, 0.15) is 59.3 Å². The van der Waals surface area contributed by atoms with Crippen molar-refractivity contribution < 1.29 is 0 Å². The molecule has 3 unspecified atom stereocenters. The molecule has 13 heavy (non-hydrogen) atoms. The van der Waals surface area contributed by atoms with Gasteiger partial charge in [-0.25, -0.2) is 0 Å². The summed E-state index contributed by atoms with van der Waals surface area (Å²) >= 11 is 0. The predicted molar refractivity (Wildman–Crippen MR) is 58.6 cm³/mol. The average molecular weight is 183 g/mol. The molecule has 0 aromatic heterocycles. The smallest absolute Gasteiger partial charge is 0.0156 e. The summed E-state index contributed by atoms with van der Waals surface area (Å²) in [6.45, 7) is 6.88. The van der Waals surface area contributed by atoms with Crippen LogP contribution in [0.25, 0.3) is 0 Å². The van der Waals surface area contributed by atoms with Crippen molar-refractivity contribution >= 4 is 0 Å². The second-order valence-corrected chi connectivity index (χ2v) is 5.12. The predicted octanol–water partition coefficient (Wildman–Crippen LogP) is 3.33. The Morgan fingerprint density at radius 1 is 1.31 bits per heavy atom. The third-order valence-electron chi connectivity index (χ3n) is 3.59. The van der Waals surface area contributed by atoms with Gasteiger partial charge in [-0.15, -0.1) is 0 Å². The van der Waals surface area contributed by atoms with Crippen LogP contribution in [-0.2, 0) is 0 Å². The standard InChI is InChI=1S/C12H25N/c1-4-6-11-7-10(3)8-12(13,5-2)9-11/h10-11H,4-9,13H2,1-3H3. The molecule has 0 amide bonds. The van der Waals surface area contributed by atoms with Crippen LogP contribution in [-0.4, -0.2) is 5.54 Å². The Labute approximate surface area is 83.1 Å². The van der Waals surface area contributed by atoms with Crippen LogP contribution in [0.15, 0.2) is 0 Å². The number of rotatable bonds is 3. The summed E-state index contributed by atoms with van der Waals surface area (Å²) < 4.78 is 0. The van der Waals surface area contributed by atoms with Gasteiger partial charge in [0.1, 0.15) is 0 Å². The van der Waals surface area contributed by atoms with Crippen LogP contribution in [0, 0.1) is 11.8 Å². The monoisotopic (exact) mass is 183 g/mol. The molecule has 3 atom stereocenters. The summed E-state index contributed by atoms with van der Waals surface area (Å²) in [7, 11) is 0. The van der Waals surface area contributed by atoms with E-state index in [4.69, 9.17) is 5.73 Å². The van der Waals surface area contributed by atoms with Crippen molar-refractivity contribution in [2.45, 2.75) is 64.8 Å². The van der Waals surface area contributed by atoms with Crippen molar-refractivity contribution in [2.24, 2.45) is 17.6 Å². The number of nitrogens with two attached hydrogens (primary N) is 1. The van der Waals surface area contributed by atoms with Gasteiger partial charge in [-0.3, -0.25) is 0 Å². The van der Waals surface area contributed by atoms with Gasteiger partial charge < -0.3 is 5.73 Å². The molecule has 0 spiro atoms. The molecule has 0 saturated heterocycles. The van der Waals surface area contributed by atoms with E-state index < -0.39 is 0 Å². The zero-order valence-corrected chi connectivity index (χ0v) is 9.47. The fourth-order valence-corrected chi connectivity index (χ4v) is 3.00. The lowest BCUT2D eigenvalue weighted by atomic mass is 9.69. The van der Waals surface area contributed by atoms with Crippen LogP contribution in [0.3, 0.4) is 0 Å². The lowest BCUT2D eigenvalue weighted by Crippen LogP contribution is -2.46. The minimum absolute atomic E-state index is 0.164. The molecule has 0 aromatic carbocycles. The second-order valence-electron chi connectivity index (χ2n) is 5.12. The molecular formula is C12H25N. The van der Waals surface area contributed by atoms with Crippen molar-refractivity contribution in [3.63, 3.8) is 0 Å². The molecule has 0 bridgehead atoms. The molecule has 1 aliphatic rings. The highest BCUT2D eigenvalue weighted by Crippen LogP contribution is 2.38. The quantitative estimate of drug-likeness (QED) is 0.713. The maximum Gasteiger partial charge on any atom is 0.0156 e. The Hall–Kier alpha value is -0.0400. The topological polar surface area (TPSA) is 26.0 Å². The molecular weight excluding hydrogens is 158 g/mol. The van der Waals surface area contributed by atoms with E-state index in [0.717, 1.165) is 18.3 Å². The summed E-state index contributed by atoms with van der Waals surface area (Å²) in [5.74, 6) is 1.74. The Morgan fingerprint density at radius 3 is 2.54 bits per heavy atom. The summed E-state index contributed by atoms with van der Waals surface area (Å²) in [6.07, 6.45) is 7.76. The first-order valence-corrected chi connectivity index (χ1v) is 5.88. The molecule has 2 N–H and O–H groups in total. The van der Waals surface area contributed by atoms with Crippen LogP contribution >= 0.6 is 0 Å². The molecule has 1 saturated carbocycles. The van der Waals surface area contributed by atoms with Gasteiger partial charge in [0.05, 0.1) is 0 Å². The fraction of sp³-hybridized carbons (Fsp3) is 1.00. The Kier molecular flexibility index (Phi) is 3.78. The lowest BCUT2D eigenvalue weighted by molar-refractivity contribution is 0.160. The maximum atomic E-state index is 6.37. The molecule has 0 aliphatic heterocycles. The first kappa shape index (κ1) is 11.0. The van der Waals surface area contributed by atoms with Gasteiger partial charge in [-0.05, 0) is 37.5 Å². The van der Waals surface area contributed by atoms with E-state index in [0.29, 0.717) is 0 Å². The largest absolute Gasteiger partial charge is 0.325 e. The SMILES string of the molecule is CCCC1CC(C)CC(N)(CC)C1. The first-order chi connectivity index (χ1) is 6.09.